The number of nitrogens with zero attached hydrogens (tertiary/aromatic N) is 1. The Balaban J connectivity index is 2.11. The Kier molecular flexibility index (Phi) is 11.5. The van der Waals surface area contributed by atoms with Gasteiger partial charge in [0, 0.05) is 31.5 Å². The van der Waals surface area contributed by atoms with Gasteiger partial charge in [-0.1, -0.05) is 70.8 Å². The Morgan fingerprint density at radius 3 is 2.00 bits per heavy atom. The molecule has 0 amide bonds. The van der Waals surface area contributed by atoms with Crippen molar-refractivity contribution in [3.8, 4) is 0 Å². The van der Waals surface area contributed by atoms with Gasteiger partial charge in [0.15, 0.2) is 0 Å². The smallest absolute Gasteiger partial charge is 0.0386 e. The van der Waals surface area contributed by atoms with Crippen LogP contribution in [0.3, 0.4) is 0 Å². The molecule has 1 aromatic rings. The van der Waals surface area contributed by atoms with Gasteiger partial charge in [-0.2, -0.15) is 0 Å². The minimum absolute atomic E-state index is 1.09. The van der Waals surface area contributed by atoms with E-state index in [1.807, 2.05) is 7.05 Å². The SMILES string of the molecule is CCCCCCCCCCCCN(CC)c1cccc(NC)c1. The van der Waals surface area contributed by atoms with Crippen molar-refractivity contribution in [1.82, 2.24) is 0 Å². The van der Waals surface area contributed by atoms with Gasteiger partial charge in [0.1, 0.15) is 0 Å². The van der Waals surface area contributed by atoms with Crippen molar-refractivity contribution in [2.75, 3.05) is 30.4 Å². The van der Waals surface area contributed by atoms with E-state index < -0.39 is 0 Å². The zero-order valence-electron chi connectivity index (χ0n) is 15.7. The van der Waals surface area contributed by atoms with Gasteiger partial charge in [0.2, 0.25) is 0 Å². The molecule has 0 saturated carbocycles. The molecule has 0 aliphatic heterocycles. The molecule has 0 aromatic heterocycles. The molecule has 0 heterocycles. The fourth-order valence-electron chi connectivity index (χ4n) is 3.12. The average Bonchev–Trinajstić information content (AvgIpc) is 2.60. The lowest BCUT2D eigenvalue weighted by Gasteiger charge is -2.23. The van der Waals surface area contributed by atoms with Crippen molar-refractivity contribution in [1.29, 1.82) is 0 Å². The van der Waals surface area contributed by atoms with Gasteiger partial charge < -0.3 is 10.2 Å². The quantitative estimate of drug-likeness (QED) is 0.395. The zero-order chi connectivity index (χ0) is 16.8. The maximum Gasteiger partial charge on any atom is 0.0386 e. The summed E-state index contributed by atoms with van der Waals surface area (Å²) in [4.78, 5) is 2.49. The lowest BCUT2D eigenvalue weighted by Crippen LogP contribution is -2.23. The summed E-state index contributed by atoms with van der Waals surface area (Å²) in [5.74, 6) is 0. The van der Waals surface area contributed by atoms with Gasteiger partial charge in [0.05, 0.1) is 0 Å². The summed E-state index contributed by atoms with van der Waals surface area (Å²) in [6, 6.07) is 8.74. The molecule has 0 radical (unpaired) electrons. The largest absolute Gasteiger partial charge is 0.388 e. The number of unbranched alkanes of at least 4 members (excludes halogenated alkanes) is 9. The Bertz CT molecular complexity index is 389. The van der Waals surface area contributed by atoms with Crippen LogP contribution in [0.25, 0.3) is 0 Å². The minimum atomic E-state index is 1.09. The van der Waals surface area contributed by atoms with Crippen LogP contribution in [0.1, 0.15) is 78.1 Å². The number of benzene rings is 1. The van der Waals surface area contributed by atoms with E-state index >= 15 is 0 Å². The van der Waals surface area contributed by atoms with Crippen LogP contribution in [-0.2, 0) is 0 Å². The molecule has 1 rings (SSSR count). The first-order valence-corrected chi connectivity index (χ1v) is 9.84. The van der Waals surface area contributed by atoms with Crippen LogP contribution in [0.15, 0.2) is 24.3 Å². The summed E-state index contributed by atoms with van der Waals surface area (Å²) in [5.41, 5.74) is 2.54. The van der Waals surface area contributed by atoms with E-state index in [0.29, 0.717) is 0 Å². The van der Waals surface area contributed by atoms with Crippen LogP contribution >= 0.6 is 0 Å². The summed E-state index contributed by atoms with van der Waals surface area (Å²) in [6.07, 6.45) is 14.0. The number of hydrogen-bond acceptors (Lipinski definition) is 2. The Labute approximate surface area is 144 Å². The third-order valence-corrected chi connectivity index (χ3v) is 4.66. The van der Waals surface area contributed by atoms with Crippen LogP contribution in [0.5, 0.6) is 0 Å². The molecule has 0 atom stereocenters. The summed E-state index contributed by atoms with van der Waals surface area (Å²) < 4.78 is 0. The molecule has 2 heteroatoms. The number of hydrogen-bond donors (Lipinski definition) is 1. The average molecular weight is 319 g/mol. The molecule has 0 bridgehead atoms. The van der Waals surface area contributed by atoms with Gasteiger partial charge >= 0.3 is 0 Å². The molecule has 132 valence electrons. The van der Waals surface area contributed by atoms with Gasteiger partial charge in [-0.25, -0.2) is 0 Å². The van der Waals surface area contributed by atoms with Crippen LogP contribution in [0.2, 0.25) is 0 Å². The highest BCUT2D eigenvalue weighted by atomic mass is 15.1. The van der Waals surface area contributed by atoms with Crippen molar-refractivity contribution in [2.45, 2.75) is 78.1 Å². The second-order valence-corrected chi connectivity index (χ2v) is 6.56. The third kappa shape index (κ3) is 8.88. The molecule has 0 fully saturated rings. The van der Waals surface area contributed by atoms with E-state index in [1.165, 1.54) is 82.1 Å². The monoisotopic (exact) mass is 318 g/mol. The topological polar surface area (TPSA) is 15.3 Å². The predicted molar refractivity (Wildman–Crippen MR) is 106 cm³/mol. The van der Waals surface area contributed by atoms with Gasteiger partial charge in [0.25, 0.3) is 0 Å². The van der Waals surface area contributed by atoms with Crippen molar-refractivity contribution >= 4 is 11.4 Å². The second-order valence-electron chi connectivity index (χ2n) is 6.56. The lowest BCUT2D eigenvalue weighted by atomic mass is 10.1. The first-order chi connectivity index (χ1) is 11.3. The predicted octanol–water partition coefficient (Wildman–Crippen LogP) is 6.48. The van der Waals surface area contributed by atoms with Crippen LogP contribution in [-0.4, -0.2) is 20.1 Å². The van der Waals surface area contributed by atoms with Gasteiger partial charge in [-0.15, -0.1) is 0 Å². The fraction of sp³-hybridized carbons (Fsp3) is 0.714. The summed E-state index contributed by atoms with van der Waals surface area (Å²) in [6.45, 7) is 6.81. The fourth-order valence-corrected chi connectivity index (χ4v) is 3.12. The first kappa shape index (κ1) is 19.9. The summed E-state index contributed by atoms with van der Waals surface area (Å²) >= 11 is 0. The van der Waals surface area contributed by atoms with E-state index in [9.17, 15) is 0 Å². The van der Waals surface area contributed by atoms with Crippen molar-refractivity contribution in [3.63, 3.8) is 0 Å². The van der Waals surface area contributed by atoms with Crippen LogP contribution < -0.4 is 10.2 Å². The van der Waals surface area contributed by atoms with Gasteiger partial charge in [-0.05, 0) is 31.5 Å². The third-order valence-electron chi connectivity index (χ3n) is 4.66. The van der Waals surface area contributed by atoms with Crippen LogP contribution in [0, 0.1) is 0 Å². The summed E-state index contributed by atoms with van der Waals surface area (Å²) in [5, 5.41) is 3.23. The maximum atomic E-state index is 3.23. The van der Waals surface area contributed by atoms with Crippen molar-refractivity contribution in [3.05, 3.63) is 24.3 Å². The van der Waals surface area contributed by atoms with E-state index in [-0.39, 0.29) is 0 Å². The molecule has 2 nitrogen and oxygen atoms in total. The zero-order valence-corrected chi connectivity index (χ0v) is 15.7. The molecule has 0 aliphatic carbocycles. The highest BCUT2D eigenvalue weighted by Gasteiger charge is 2.04. The molecule has 0 aliphatic rings. The standard InChI is InChI=1S/C21H38N2/c1-4-6-7-8-9-10-11-12-13-14-18-23(5-2)21-17-15-16-20(19-21)22-3/h15-17,19,22H,4-14,18H2,1-3H3. The first-order valence-electron chi connectivity index (χ1n) is 9.84. The second kappa shape index (κ2) is 13.3. The van der Waals surface area contributed by atoms with Crippen molar-refractivity contribution in [2.24, 2.45) is 0 Å². The Morgan fingerprint density at radius 1 is 0.826 bits per heavy atom. The Morgan fingerprint density at radius 2 is 1.43 bits per heavy atom. The summed E-state index contributed by atoms with van der Waals surface area (Å²) in [7, 11) is 1.98. The molecule has 0 spiro atoms. The van der Waals surface area contributed by atoms with E-state index in [0.717, 1.165) is 6.54 Å². The van der Waals surface area contributed by atoms with Crippen LogP contribution in [0.4, 0.5) is 11.4 Å². The normalized spacial score (nSPS) is 10.7. The van der Waals surface area contributed by atoms with E-state index in [2.05, 4.69) is 48.3 Å². The number of rotatable bonds is 14. The molecular formula is C21H38N2. The van der Waals surface area contributed by atoms with E-state index in [1.54, 1.807) is 0 Å². The highest BCUT2D eigenvalue weighted by Crippen LogP contribution is 2.20. The molecule has 23 heavy (non-hydrogen) atoms. The number of nitrogens with one attached hydrogen (secondary N) is 1. The molecule has 0 unspecified atom stereocenters. The molecular weight excluding hydrogens is 280 g/mol. The number of anilines is 2. The molecule has 1 N–H and O–H groups in total. The van der Waals surface area contributed by atoms with Crippen molar-refractivity contribution < 1.29 is 0 Å². The minimum Gasteiger partial charge on any atom is -0.388 e. The maximum absolute atomic E-state index is 3.23. The lowest BCUT2D eigenvalue weighted by molar-refractivity contribution is 0.555. The van der Waals surface area contributed by atoms with E-state index in [4.69, 9.17) is 0 Å². The Hall–Kier alpha value is -1.18. The molecule has 1 aromatic carbocycles. The molecule has 0 saturated heterocycles. The van der Waals surface area contributed by atoms with Gasteiger partial charge in [-0.3, -0.25) is 0 Å². The highest BCUT2D eigenvalue weighted by molar-refractivity contribution is 5.57.